The zero-order valence-electron chi connectivity index (χ0n) is 20.6. The van der Waals surface area contributed by atoms with E-state index in [2.05, 4.69) is 56.7 Å². The number of methoxy groups -OCH3 is 1. The topological polar surface area (TPSA) is 78.6 Å². The molecule has 6 nitrogen and oxygen atoms in total. The lowest BCUT2D eigenvalue weighted by atomic mass is 10.0. The first-order valence-electron chi connectivity index (χ1n) is 12.2. The van der Waals surface area contributed by atoms with E-state index in [4.69, 9.17) is 4.74 Å². The van der Waals surface area contributed by atoms with Gasteiger partial charge in [-0.15, -0.1) is 0 Å². The minimum absolute atomic E-state index is 0.336. The molecule has 3 aromatic heterocycles. The largest absolute Gasteiger partial charge is 0.497 e. The number of benzene rings is 3. The van der Waals surface area contributed by atoms with Crippen molar-refractivity contribution in [1.29, 1.82) is 0 Å². The SMILES string of the molecule is CCNCc1cncc(-c2ccc3[nH]nc(-c4cc5c(-c6cc(F)cc(OC)c6)cccc5[nH]4)c3c2)c1. The van der Waals surface area contributed by atoms with Crippen molar-refractivity contribution in [2.75, 3.05) is 13.7 Å². The minimum atomic E-state index is -0.336. The number of H-pyrrole nitrogens is 2. The predicted octanol–water partition coefficient (Wildman–Crippen LogP) is 6.70. The van der Waals surface area contributed by atoms with Gasteiger partial charge in [0.2, 0.25) is 0 Å². The molecule has 0 aliphatic rings. The Kier molecular flexibility index (Phi) is 5.90. The van der Waals surface area contributed by atoms with E-state index in [0.717, 1.165) is 74.1 Å². The van der Waals surface area contributed by atoms with Crippen LogP contribution in [0.2, 0.25) is 0 Å². The number of hydrogen-bond acceptors (Lipinski definition) is 4. The van der Waals surface area contributed by atoms with Gasteiger partial charge in [0.1, 0.15) is 17.3 Å². The number of aromatic amines is 2. The molecule has 3 aromatic carbocycles. The molecule has 37 heavy (non-hydrogen) atoms. The molecule has 3 N–H and O–H groups in total. The minimum Gasteiger partial charge on any atom is -0.497 e. The summed E-state index contributed by atoms with van der Waals surface area (Å²) in [5.41, 5.74) is 8.56. The summed E-state index contributed by atoms with van der Waals surface area (Å²) in [6, 6.07) is 21.2. The second kappa shape index (κ2) is 9.52. The Morgan fingerprint density at radius 2 is 1.81 bits per heavy atom. The fourth-order valence-electron chi connectivity index (χ4n) is 4.78. The number of nitrogens with zero attached hydrogens (tertiary/aromatic N) is 2. The number of pyridine rings is 1. The molecule has 0 aliphatic heterocycles. The van der Waals surface area contributed by atoms with Crippen molar-refractivity contribution < 1.29 is 9.13 Å². The van der Waals surface area contributed by atoms with E-state index in [1.165, 1.54) is 12.1 Å². The van der Waals surface area contributed by atoms with E-state index in [-0.39, 0.29) is 5.82 Å². The summed E-state index contributed by atoms with van der Waals surface area (Å²) in [7, 11) is 1.54. The third kappa shape index (κ3) is 4.34. The number of aromatic nitrogens is 4. The smallest absolute Gasteiger partial charge is 0.127 e. The second-order valence-electron chi connectivity index (χ2n) is 9.02. The van der Waals surface area contributed by atoms with Gasteiger partial charge < -0.3 is 15.0 Å². The van der Waals surface area contributed by atoms with Crippen molar-refractivity contribution in [2.24, 2.45) is 0 Å². The molecule has 0 atom stereocenters. The monoisotopic (exact) mass is 491 g/mol. The highest BCUT2D eigenvalue weighted by atomic mass is 19.1. The van der Waals surface area contributed by atoms with Crippen molar-refractivity contribution in [3.05, 3.63) is 90.5 Å². The fraction of sp³-hybridized carbons (Fsp3) is 0.133. The van der Waals surface area contributed by atoms with Crippen molar-refractivity contribution in [1.82, 2.24) is 25.5 Å². The summed E-state index contributed by atoms with van der Waals surface area (Å²) in [6.07, 6.45) is 3.78. The van der Waals surface area contributed by atoms with E-state index in [9.17, 15) is 4.39 Å². The summed E-state index contributed by atoms with van der Waals surface area (Å²) in [5.74, 6) is 0.148. The number of nitrogens with one attached hydrogen (secondary N) is 3. The molecule has 6 aromatic rings. The number of hydrogen-bond donors (Lipinski definition) is 3. The van der Waals surface area contributed by atoms with E-state index >= 15 is 0 Å². The Hall–Kier alpha value is -4.49. The molecule has 0 saturated heterocycles. The number of ether oxygens (including phenoxy) is 1. The number of halogens is 1. The first-order valence-corrected chi connectivity index (χ1v) is 12.2. The van der Waals surface area contributed by atoms with E-state index in [1.54, 1.807) is 7.11 Å². The zero-order chi connectivity index (χ0) is 25.4. The molecular formula is C30H26FN5O. The van der Waals surface area contributed by atoms with Crippen LogP contribution in [0, 0.1) is 5.82 Å². The molecule has 7 heteroatoms. The maximum Gasteiger partial charge on any atom is 0.127 e. The van der Waals surface area contributed by atoms with Crippen LogP contribution in [0.1, 0.15) is 12.5 Å². The van der Waals surface area contributed by atoms with Crippen LogP contribution in [-0.2, 0) is 6.54 Å². The van der Waals surface area contributed by atoms with E-state index in [1.807, 2.05) is 42.7 Å². The number of rotatable bonds is 7. The molecule has 3 heterocycles. The molecule has 0 fully saturated rings. The molecule has 0 saturated carbocycles. The van der Waals surface area contributed by atoms with Gasteiger partial charge in [0, 0.05) is 46.9 Å². The Balaban J connectivity index is 1.43. The molecule has 0 unspecified atom stereocenters. The van der Waals surface area contributed by atoms with Crippen LogP contribution in [0.25, 0.3) is 55.4 Å². The molecule has 0 amide bonds. The van der Waals surface area contributed by atoms with Crippen LogP contribution >= 0.6 is 0 Å². The first kappa shape index (κ1) is 22.9. The van der Waals surface area contributed by atoms with Gasteiger partial charge in [-0.3, -0.25) is 10.1 Å². The van der Waals surface area contributed by atoms with Crippen molar-refractivity contribution >= 4 is 21.8 Å². The maximum atomic E-state index is 14.3. The van der Waals surface area contributed by atoms with Crippen molar-refractivity contribution in [2.45, 2.75) is 13.5 Å². The highest BCUT2D eigenvalue weighted by Gasteiger charge is 2.15. The van der Waals surface area contributed by atoms with Crippen LogP contribution in [0.15, 0.2) is 79.1 Å². The van der Waals surface area contributed by atoms with Gasteiger partial charge in [0.15, 0.2) is 0 Å². The molecule has 6 rings (SSSR count). The van der Waals surface area contributed by atoms with Gasteiger partial charge in [-0.2, -0.15) is 5.10 Å². The average molecular weight is 492 g/mol. The van der Waals surface area contributed by atoms with Crippen LogP contribution in [0.5, 0.6) is 5.75 Å². The Morgan fingerprint density at radius 3 is 2.68 bits per heavy atom. The summed E-state index contributed by atoms with van der Waals surface area (Å²) < 4.78 is 19.5. The fourth-order valence-corrected chi connectivity index (χ4v) is 4.78. The summed E-state index contributed by atoms with van der Waals surface area (Å²) in [4.78, 5) is 7.95. The van der Waals surface area contributed by atoms with Gasteiger partial charge in [-0.05, 0) is 71.3 Å². The van der Waals surface area contributed by atoms with Crippen molar-refractivity contribution in [3.8, 4) is 39.4 Å². The van der Waals surface area contributed by atoms with Gasteiger partial charge in [-0.1, -0.05) is 25.1 Å². The molecule has 0 aliphatic carbocycles. The van der Waals surface area contributed by atoms with Gasteiger partial charge in [-0.25, -0.2) is 4.39 Å². The van der Waals surface area contributed by atoms with Gasteiger partial charge in [0.05, 0.1) is 18.3 Å². The van der Waals surface area contributed by atoms with Gasteiger partial charge >= 0.3 is 0 Å². The maximum absolute atomic E-state index is 14.3. The van der Waals surface area contributed by atoms with Gasteiger partial charge in [0.25, 0.3) is 0 Å². The van der Waals surface area contributed by atoms with Crippen LogP contribution in [0.4, 0.5) is 4.39 Å². The molecule has 184 valence electrons. The molecular weight excluding hydrogens is 465 g/mol. The molecule has 0 bridgehead atoms. The Morgan fingerprint density at radius 1 is 0.892 bits per heavy atom. The summed E-state index contributed by atoms with van der Waals surface area (Å²) >= 11 is 0. The zero-order valence-corrected chi connectivity index (χ0v) is 20.6. The lowest BCUT2D eigenvalue weighted by Gasteiger charge is -2.07. The molecule has 0 radical (unpaired) electrons. The molecule has 0 spiro atoms. The van der Waals surface area contributed by atoms with E-state index in [0.29, 0.717) is 5.75 Å². The lowest BCUT2D eigenvalue weighted by molar-refractivity contribution is 0.411. The standard InChI is InChI=1S/C30H26FN5O/c1-3-32-15-18-9-21(17-33-16-18)19-7-8-28-26(12-19)30(36-35-28)29-14-25-24(5-4-6-27(25)34-29)20-10-22(31)13-23(11-20)37-2/h4-14,16-17,32,34H,3,15H2,1-2H3,(H,35,36). The van der Waals surface area contributed by atoms with Crippen LogP contribution < -0.4 is 10.1 Å². The van der Waals surface area contributed by atoms with Crippen LogP contribution in [-0.4, -0.2) is 33.8 Å². The summed E-state index contributed by atoms with van der Waals surface area (Å²) in [5, 5.41) is 13.1. The highest BCUT2D eigenvalue weighted by molar-refractivity contribution is 6.02. The predicted molar refractivity (Wildman–Crippen MR) is 146 cm³/mol. The van der Waals surface area contributed by atoms with Crippen LogP contribution in [0.3, 0.4) is 0 Å². The highest BCUT2D eigenvalue weighted by Crippen LogP contribution is 2.36. The third-order valence-corrected chi connectivity index (χ3v) is 6.61. The normalized spacial score (nSPS) is 11.4. The third-order valence-electron chi connectivity index (χ3n) is 6.61. The lowest BCUT2D eigenvalue weighted by Crippen LogP contribution is -2.11. The number of fused-ring (bicyclic) bond motifs is 2. The van der Waals surface area contributed by atoms with Crippen molar-refractivity contribution in [3.63, 3.8) is 0 Å². The summed E-state index contributed by atoms with van der Waals surface area (Å²) in [6.45, 7) is 3.78. The quantitative estimate of drug-likeness (QED) is 0.232. The second-order valence-corrected chi connectivity index (χ2v) is 9.02. The average Bonchev–Trinajstić information content (AvgIpc) is 3.55. The first-order chi connectivity index (χ1) is 18.1. The van der Waals surface area contributed by atoms with E-state index < -0.39 is 0 Å². The Labute approximate surface area is 213 Å². The Bertz CT molecular complexity index is 1740.